The quantitative estimate of drug-likeness (QED) is 0.320. The van der Waals surface area contributed by atoms with Crippen LogP contribution in [0.15, 0.2) is 18.2 Å². The number of amides is 3. The molecule has 1 unspecified atom stereocenters. The number of nitrogens with one attached hydrogen (secondary N) is 1. The van der Waals surface area contributed by atoms with Crippen LogP contribution in [-0.4, -0.2) is 33.1 Å². The molecule has 1 atom stereocenters. The SMILES string of the molecule is O=C1CCC(N2Cc3c(CCCCCI)cccc3C2=O)C(=O)N1. The predicted octanol–water partition coefficient (Wildman–Crippen LogP) is 2.60. The zero-order chi connectivity index (χ0) is 17.1. The van der Waals surface area contributed by atoms with Crippen LogP contribution >= 0.6 is 22.6 Å². The van der Waals surface area contributed by atoms with Gasteiger partial charge < -0.3 is 4.90 Å². The summed E-state index contributed by atoms with van der Waals surface area (Å²) in [7, 11) is 0. The highest BCUT2D eigenvalue weighted by Gasteiger charge is 2.39. The summed E-state index contributed by atoms with van der Waals surface area (Å²) in [6.45, 7) is 0.475. The average Bonchev–Trinajstić information content (AvgIpc) is 2.89. The number of hydrogen-bond donors (Lipinski definition) is 1. The van der Waals surface area contributed by atoms with E-state index in [1.165, 1.54) is 22.8 Å². The van der Waals surface area contributed by atoms with Crippen LogP contribution in [0.25, 0.3) is 0 Å². The average molecular weight is 440 g/mol. The first-order chi connectivity index (χ1) is 11.6. The number of halogens is 1. The largest absolute Gasteiger partial charge is 0.322 e. The fourth-order valence-corrected chi connectivity index (χ4v) is 4.01. The Bertz CT molecular complexity index is 674. The van der Waals surface area contributed by atoms with Gasteiger partial charge in [0.05, 0.1) is 0 Å². The molecule has 0 radical (unpaired) electrons. The van der Waals surface area contributed by atoms with Crippen LogP contribution in [0.4, 0.5) is 0 Å². The molecule has 1 aromatic carbocycles. The minimum absolute atomic E-state index is 0.0892. The Labute approximate surface area is 155 Å². The molecule has 2 heterocycles. The number of nitrogens with zero attached hydrogens (tertiary/aromatic N) is 1. The van der Waals surface area contributed by atoms with Gasteiger partial charge in [0.1, 0.15) is 6.04 Å². The minimum Gasteiger partial charge on any atom is -0.322 e. The first kappa shape index (κ1) is 17.4. The first-order valence-electron chi connectivity index (χ1n) is 8.43. The van der Waals surface area contributed by atoms with Gasteiger partial charge in [0.2, 0.25) is 11.8 Å². The third-order valence-electron chi connectivity index (χ3n) is 4.76. The lowest BCUT2D eigenvalue weighted by molar-refractivity contribution is -0.136. The molecule has 24 heavy (non-hydrogen) atoms. The lowest BCUT2D eigenvalue weighted by Gasteiger charge is -2.29. The van der Waals surface area contributed by atoms with Crippen molar-refractivity contribution >= 4 is 40.3 Å². The Morgan fingerprint density at radius 2 is 2.00 bits per heavy atom. The third kappa shape index (κ3) is 3.48. The van der Waals surface area contributed by atoms with Gasteiger partial charge in [0, 0.05) is 18.5 Å². The standard InChI is InChI=1S/C18H21IN2O3/c19-10-3-1-2-5-12-6-4-7-13-14(12)11-21(18(13)24)15-8-9-16(22)20-17(15)23/h4,6-7,15H,1-3,5,8-11H2,(H,20,22,23). The first-order valence-corrected chi connectivity index (χ1v) is 9.95. The van der Waals surface area contributed by atoms with Gasteiger partial charge in [-0.3, -0.25) is 19.7 Å². The Hall–Kier alpha value is -1.44. The summed E-state index contributed by atoms with van der Waals surface area (Å²) < 4.78 is 1.17. The highest BCUT2D eigenvalue weighted by Crippen LogP contribution is 2.30. The van der Waals surface area contributed by atoms with Crippen molar-refractivity contribution in [3.05, 3.63) is 34.9 Å². The molecule has 5 nitrogen and oxygen atoms in total. The van der Waals surface area contributed by atoms with E-state index in [0.29, 0.717) is 24.9 Å². The Balaban J connectivity index is 1.75. The van der Waals surface area contributed by atoms with Crippen LogP contribution < -0.4 is 5.32 Å². The molecule has 6 heteroatoms. The number of alkyl halides is 1. The summed E-state index contributed by atoms with van der Waals surface area (Å²) >= 11 is 2.39. The fourth-order valence-electron chi connectivity index (χ4n) is 3.47. The molecular weight excluding hydrogens is 419 g/mol. The van der Waals surface area contributed by atoms with Gasteiger partial charge in [-0.25, -0.2) is 0 Å². The number of benzene rings is 1. The van der Waals surface area contributed by atoms with Crippen molar-refractivity contribution in [2.24, 2.45) is 0 Å². The Kier molecular flexibility index (Phi) is 5.53. The van der Waals surface area contributed by atoms with Gasteiger partial charge >= 0.3 is 0 Å². The molecule has 1 aromatic rings. The van der Waals surface area contributed by atoms with Crippen molar-refractivity contribution in [3.63, 3.8) is 0 Å². The van der Waals surface area contributed by atoms with E-state index in [9.17, 15) is 14.4 Å². The molecule has 1 saturated heterocycles. The molecule has 0 bridgehead atoms. The van der Waals surface area contributed by atoms with Crippen molar-refractivity contribution in [1.29, 1.82) is 0 Å². The summed E-state index contributed by atoms with van der Waals surface area (Å²) in [5, 5.41) is 2.34. The lowest BCUT2D eigenvalue weighted by Crippen LogP contribution is -2.52. The van der Waals surface area contributed by atoms with Gasteiger partial charge in [-0.1, -0.05) is 41.1 Å². The number of hydrogen-bond acceptors (Lipinski definition) is 3. The maximum Gasteiger partial charge on any atom is 0.255 e. The monoisotopic (exact) mass is 440 g/mol. The number of imide groups is 1. The summed E-state index contributed by atoms with van der Waals surface area (Å²) in [6, 6.07) is 5.33. The molecule has 0 aromatic heterocycles. The molecule has 3 rings (SSSR count). The minimum atomic E-state index is -0.533. The van der Waals surface area contributed by atoms with Crippen molar-refractivity contribution in [2.45, 2.75) is 51.1 Å². The van der Waals surface area contributed by atoms with E-state index in [-0.39, 0.29) is 17.7 Å². The van der Waals surface area contributed by atoms with Crippen LogP contribution in [0.5, 0.6) is 0 Å². The summed E-state index contributed by atoms with van der Waals surface area (Å²) in [6.07, 6.45) is 5.20. The molecule has 0 saturated carbocycles. The van der Waals surface area contributed by atoms with E-state index in [1.54, 1.807) is 4.90 Å². The summed E-state index contributed by atoms with van der Waals surface area (Å²) in [5.41, 5.74) is 2.98. The predicted molar refractivity (Wildman–Crippen MR) is 98.9 cm³/mol. The summed E-state index contributed by atoms with van der Waals surface area (Å²) in [4.78, 5) is 37.8. The molecule has 0 spiro atoms. The smallest absolute Gasteiger partial charge is 0.255 e. The van der Waals surface area contributed by atoms with E-state index in [4.69, 9.17) is 0 Å². The molecule has 2 aliphatic heterocycles. The van der Waals surface area contributed by atoms with E-state index in [2.05, 4.69) is 34.0 Å². The van der Waals surface area contributed by atoms with Gasteiger partial charge in [-0.2, -0.15) is 0 Å². The number of unbranched alkanes of at least 4 members (excludes halogenated alkanes) is 2. The van der Waals surface area contributed by atoms with E-state index in [0.717, 1.165) is 18.4 Å². The highest BCUT2D eigenvalue weighted by molar-refractivity contribution is 14.1. The zero-order valence-corrected chi connectivity index (χ0v) is 15.7. The number of aryl methyl sites for hydroxylation is 1. The molecule has 0 aliphatic carbocycles. The van der Waals surface area contributed by atoms with Gasteiger partial charge in [0.15, 0.2) is 0 Å². The van der Waals surface area contributed by atoms with Crippen molar-refractivity contribution in [3.8, 4) is 0 Å². The Morgan fingerprint density at radius 1 is 1.17 bits per heavy atom. The van der Waals surface area contributed by atoms with Gasteiger partial charge in [-0.05, 0) is 47.3 Å². The number of rotatable bonds is 6. The van der Waals surface area contributed by atoms with E-state index in [1.807, 2.05) is 12.1 Å². The molecule has 1 N–H and O–H groups in total. The molecule has 1 fully saturated rings. The van der Waals surface area contributed by atoms with Crippen molar-refractivity contribution < 1.29 is 14.4 Å². The maximum atomic E-state index is 12.7. The van der Waals surface area contributed by atoms with Crippen molar-refractivity contribution in [1.82, 2.24) is 10.2 Å². The number of fused-ring (bicyclic) bond motifs is 1. The number of carbonyl (C=O) groups is 3. The highest BCUT2D eigenvalue weighted by atomic mass is 127. The molecule has 128 valence electrons. The van der Waals surface area contributed by atoms with Crippen molar-refractivity contribution in [2.75, 3.05) is 4.43 Å². The molecule has 3 amide bonds. The fraction of sp³-hybridized carbons (Fsp3) is 0.500. The van der Waals surface area contributed by atoms with Gasteiger partial charge in [0.25, 0.3) is 5.91 Å². The van der Waals surface area contributed by atoms with Gasteiger partial charge in [-0.15, -0.1) is 0 Å². The molecular formula is C18H21IN2O3. The maximum absolute atomic E-state index is 12.7. The summed E-state index contributed by atoms with van der Waals surface area (Å²) in [5.74, 6) is -0.694. The lowest BCUT2D eigenvalue weighted by atomic mass is 9.98. The topological polar surface area (TPSA) is 66.5 Å². The van der Waals surface area contributed by atoms with E-state index < -0.39 is 6.04 Å². The number of carbonyl (C=O) groups excluding carboxylic acids is 3. The van der Waals surface area contributed by atoms with Crippen LogP contribution in [0, 0.1) is 0 Å². The van der Waals surface area contributed by atoms with Crippen LogP contribution in [0.2, 0.25) is 0 Å². The third-order valence-corrected chi connectivity index (χ3v) is 5.52. The number of piperidine rings is 1. The Morgan fingerprint density at radius 3 is 2.75 bits per heavy atom. The van der Waals surface area contributed by atoms with Crippen LogP contribution in [0.3, 0.4) is 0 Å². The second kappa shape index (κ2) is 7.63. The van der Waals surface area contributed by atoms with Crippen LogP contribution in [0.1, 0.15) is 53.6 Å². The van der Waals surface area contributed by atoms with E-state index >= 15 is 0 Å². The zero-order valence-electron chi connectivity index (χ0n) is 13.5. The second-order valence-electron chi connectivity index (χ2n) is 6.34. The normalized spacial score (nSPS) is 20.3. The second-order valence-corrected chi connectivity index (χ2v) is 7.42. The molecule has 2 aliphatic rings. The van der Waals surface area contributed by atoms with Crippen LogP contribution in [-0.2, 0) is 22.6 Å².